The second-order valence-electron chi connectivity index (χ2n) is 6.13. The summed E-state index contributed by atoms with van der Waals surface area (Å²) in [6.45, 7) is 0. The first kappa shape index (κ1) is 20.9. The van der Waals surface area contributed by atoms with Crippen LogP contribution in [0.1, 0.15) is 10.4 Å². The zero-order chi connectivity index (χ0) is 21.3. The predicted molar refractivity (Wildman–Crippen MR) is 128 cm³/mol. The largest absolute Gasteiger partial charge is 0.436 e. The number of aromatic nitrogens is 2. The van der Waals surface area contributed by atoms with E-state index in [1.807, 2.05) is 6.07 Å². The first-order chi connectivity index (χ1) is 14.4. The van der Waals surface area contributed by atoms with Crippen molar-refractivity contribution in [3.63, 3.8) is 0 Å². The lowest BCUT2D eigenvalue weighted by Crippen LogP contribution is -2.34. The summed E-state index contributed by atoms with van der Waals surface area (Å²) in [5, 5.41) is 6.05. The van der Waals surface area contributed by atoms with Crippen LogP contribution in [0.15, 0.2) is 68.2 Å². The highest BCUT2D eigenvalue weighted by Gasteiger charge is 2.14. The lowest BCUT2D eigenvalue weighted by Gasteiger charge is -2.10. The van der Waals surface area contributed by atoms with Crippen LogP contribution < -0.4 is 10.6 Å². The van der Waals surface area contributed by atoms with E-state index in [0.717, 1.165) is 14.5 Å². The minimum atomic E-state index is -0.411. The number of nitrogens with zero attached hydrogens (tertiary/aromatic N) is 2. The summed E-state index contributed by atoms with van der Waals surface area (Å²) in [4.78, 5) is 21.1. The molecule has 0 radical (unpaired) electrons. The number of nitrogens with one attached hydrogen (secondary N) is 2. The summed E-state index contributed by atoms with van der Waals surface area (Å²) in [5.41, 5.74) is 2.98. The van der Waals surface area contributed by atoms with E-state index in [1.54, 1.807) is 48.8 Å². The highest BCUT2D eigenvalue weighted by atomic mass is 79.9. The minimum absolute atomic E-state index is 0.135. The molecule has 30 heavy (non-hydrogen) atoms. The standard InChI is InChI=1S/C20H11Br2ClN4O2S/c21-11-1-3-15(23)14(6-11)18(28)27-20(30)25-13-2-4-17-16(7-13)26-19(29-17)10-5-12(22)9-24-8-10/h1-9H,(H2,25,27,28,30). The Morgan fingerprint density at radius 1 is 1.07 bits per heavy atom. The molecule has 1 amide bonds. The summed E-state index contributed by atoms with van der Waals surface area (Å²) in [6.07, 6.45) is 3.36. The first-order valence-electron chi connectivity index (χ1n) is 8.48. The molecule has 10 heteroatoms. The van der Waals surface area contributed by atoms with Crippen LogP contribution in [0.3, 0.4) is 0 Å². The molecule has 6 nitrogen and oxygen atoms in total. The topological polar surface area (TPSA) is 80.0 Å². The van der Waals surface area contributed by atoms with Crippen LogP contribution in [-0.4, -0.2) is 21.0 Å². The lowest BCUT2D eigenvalue weighted by molar-refractivity contribution is 0.0978. The van der Waals surface area contributed by atoms with E-state index >= 15 is 0 Å². The zero-order valence-electron chi connectivity index (χ0n) is 14.9. The molecule has 2 aromatic heterocycles. The van der Waals surface area contributed by atoms with E-state index in [1.165, 1.54) is 0 Å². The average Bonchev–Trinajstić information content (AvgIpc) is 3.13. The first-order valence-corrected chi connectivity index (χ1v) is 10.9. The van der Waals surface area contributed by atoms with Gasteiger partial charge in [0.05, 0.1) is 16.1 Å². The van der Waals surface area contributed by atoms with Crippen molar-refractivity contribution in [1.29, 1.82) is 0 Å². The SMILES string of the molecule is O=C(NC(=S)Nc1ccc2oc(-c3cncc(Br)c3)nc2c1)c1cc(Br)ccc1Cl. The van der Waals surface area contributed by atoms with Crippen molar-refractivity contribution in [2.75, 3.05) is 5.32 Å². The Morgan fingerprint density at radius 2 is 1.90 bits per heavy atom. The molecular formula is C20H11Br2ClN4O2S. The smallest absolute Gasteiger partial charge is 0.258 e. The Bertz CT molecular complexity index is 1300. The second-order valence-corrected chi connectivity index (χ2v) is 8.77. The van der Waals surface area contributed by atoms with Crippen molar-refractivity contribution in [1.82, 2.24) is 15.3 Å². The fraction of sp³-hybridized carbons (Fsp3) is 0. The van der Waals surface area contributed by atoms with Crippen LogP contribution in [0.25, 0.3) is 22.6 Å². The van der Waals surface area contributed by atoms with E-state index in [9.17, 15) is 4.79 Å². The number of hydrogen-bond donors (Lipinski definition) is 2. The number of carbonyl (C=O) groups excluding carboxylic acids is 1. The van der Waals surface area contributed by atoms with Gasteiger partial charge >= 0.3 is 0 Å². The van der Waals surface area contributed by atoms with Gasteiger partial charge in [0.25, 0.3) is 5.91 Å². The number of anilines is 1. The maximum absolute atomic E-state index is 12.4. The molecule has 0 atom stereocenters. The minimum Gasteiger partial charge on any atom is -0.436 e. The monoisotopic (exact) mass is 564 g/mol. The van der Waals surface area contributed by atoms with Crippen LogP contribution in [0.4, 0.5) is 5.69 Å². The molecule has 0 bridgehead atoms. The second kappa shape index (κ2) is 8.81. The van der Waals surface area contributed by atoms with E-state index in [2.05, 4.69) is 52.5 Å². The van der Waals surface area contributed by atoms with Crippen molar-refractivity contribution in [3.05, 3.63) is 74.4 Å². The number of halogens is 3. The van der Waals surface area contributed by atoms with Gasteiger partial charge in [0, 0.05) is 27.0 Å². The predicted octanol–water partition coefficient (Wildman–Crippen LogP) is 6.20. The normalized spacial score (nSPS) is 10.8. The summed E-state index contributed by atoms with van der Waals surface area (Å²) in [7, 11) is 0. The molecule has 0 unspecified atom stereocenters. The maximum Gasteiger partial charge on any atom is 0.258 e. The molecule has 4 aromatic rings. The van der Waals surface area contributed by atoms with Crippen molar-refractivity contribution in [2.45, 2.75) is 0 Å². The van der Waals surface area contributed by atoms with Crippen LogP contribution in [0, 0.1) is 0 Å². The number of benzene rings is 2. The molecule has 0 saturated carbocycles. The number of amides is 1. The molecule has 0 aliphatic heterocycles. The van der Waals surface area contributed by atoms with E-state index in [-0.39, 0.29) is 5.11 Å². The van der Waals surface area contributed by atoms with Crippen molar-refractivity contribution >= 4 is 83.5 Å². The zero-order valence-corrected chi connectivity index (χ0v) is 19.7. The summed E-state index contributed by atoms with van der Waals surface area (Å²) in [5.74, 6) is 0.0434. The maximum atomic E-state index is 12.4. The molecule has 2 N–H and O–H groups in total. The Hall–Kier alpha value is -2.33. The van der Waals surface area contributed by atoms with Crippen LogP contribution in [0.2, 0.25) is 5.02 Å². The van der Waals surface area contributed by atoms with Gasteiger partial charge in [0.1, 0.15) is 5.52 Å². The van der Waals surface area contributed by atoms with Crippen molar-refractivity contribution in [2.24, 2.45) is 0 Å². The summed E-state index contributed by atoms with van der Waals surface area (Å²) in [6, 6.07) is 12.2. The number of thiocarbonyl (C=S) groups is 1. The average molecular weight is 567 g/mol. The number of oxazole rings is 1. The van der Waals surface area contributed by atoms with Gasteiger partial charge in [-0.15, -0.1) is 0 Å². The van der Waals surface area contributed by atoms with Crippen LogP contribution >= 0.6 is 55.7 Å². The molecule has 0 fully saturated rings. The third-order valence-corrected chi connectivity index (χ3v) is 5.46. The Labute approximate surface area is 198 Å². The van der Waals surface area contributed by atoms with Crippen molar-refractivity contribution < 1.29 is 9.21 Å². The van der Waals surface area contributed by atoms with Gasteiger partial charge in [-0.1, -0.05) is 27.5 Å². The van der Waals surface area contributed by atoms with E-state index in [4.69, 9.17) is 28.2 Å². The van der Waals surface area contributed by atoms with Crippen LogP contribution in [-0.2, 0) is 0 Å². The van der Waals surface area contributed by atoms with E-state index in [0.29, 0.717) is 33.3 Å². The van der Waals surface area contributed by atoms with E-state index < -0.39 is 5.91 Å². The Kier molecular flexibility index (Phi) is 6.14. The highest BCUT2D eigenvalue weighted by Crippen LogP contribution is 2.27. The molecule has 2 aromatic carbocycles. The van der Waals surface area contributed by atoms with Gasteiger partial charge in [0.15, 0.2) is 10.7 Å². The fourth-order valence-electron chi connectivity index (χ4n) is 2.66. The van der Waals surface area contributed by atoms with Crippen molar-refractivity contribution in [3.8, 4) is 11.5 Å². The van der Waals surface area contributed by atoms with Gasteiger partial charge in [0.2, 0.25) is 5.89 Å². The van der Waals surface area contributed by atoms with Gasteiger partial charge in [-0.25, -0.2) is 4.98 Å². The third-order valence-electron chi connectivity index (χ3n) is 4.00. The molecule has 150 valence electrons. The molecule has 0 aliphatic rings. The third kappa shape index (κ3) is 4.70. The van der Waals surface area contributed by atoms with Gasteiger partial charge in [-0.05, 0) is 70.6 Å². The molecule has 0 aliphatic carbocycles. The number of fused-ring (bicyclic) bond motifs is 1. The summed E-state index contributed by atoms with van der Waals surface area (Å²) < 4.78 is 7.36. The molecule has 4 rings (SSSR count). The van der Waals surface area contributed by atoms with Gasteiger partial charge in [-0.2, -0.15) is 0 Å². The molecule has 2 heterocycles. The lowest BCUT2D eigenvalue weighted by atomic mass is 10.2. The Morgan fingerprint density at radius 3 is 2.70 bits per heavy atom. The van der Waals surface area contributed by atoms with Gasteiger partial charge in [-0.3, -0.25) is 15.1 Å². The molecule has 0 saturated heterocycles. The van der Waals surface area contributed by atoms with Gasteiger partial charge < -0.3 is 9.73 Å². The highest BCUT2D eigenvalue weighted by molar-refractivity contribution is 9.10. The Balaban J connectivity index is 1.50. The molecule has 0 spiro atoms. The number of rotatable bonds is 3. The fourth-order valence-corrected chi connectivity index (χ4v) is 3.80. The number of hydrogen-bond acceptors (Lipinski definition) is 5. The number of carbonyl (C=O) groups is 1. The van der Waals surface area contributed by atoms with Crippen LogP contribution in [0.5, 0.6) is 0 Å². The quantitative estimate of drug-likeness (QED) is 0.288. The number of pyridine rings is 1. The molecular weight excluding hydrogens is 556 g/mol. The summed E-state index contributed by atoms with van der Waals surface area (Å²) >= 11 is 18.0.